The zero-order valence-corrected chi connectivity index (χ0v) is 12.7. The van der Waals surface area contributed by atoms with E-state index in [0.717, 1.165) is 17.0 Å². The largest absolute Gasteiger partial charge is 0.385 e. The second-order valence-electron chi connectivity index (χ2n) is 4.19. The van der Waals surface area contributed by atoms with Gasteiger partial charge in [-0.2, -0.15) is 0 Å². The summed E-state index contributed by atoms with van der Waals surface area (Å²) in [5.74, 6) is 0.675. The number of benzene rings is 1. The van der Waals surface area contributed by atoms with E-state index in [-0.39, 0.29) is 5.69 Å². The Bertz CT molecular complexity index is 612. The van der Waals surface area contributed by atoms with Crippen LogP contribution < -0.4 is 5.69 Å². The Labute approximate surface area is 126 Å². The Kier molecular flexibility index (Phi) is 5.70. The Morgan fingerprint density at radius 2 is 2.25 bits per heavy atom. The van der Waals surface area contributed by atoms with Crippen molar-refractivity contribution in [2.24, 2.45) is 0 Å². The molecule has 0 saturated carbocycles. The van der Waals surface area contributed by atoms with E-state index in [1.165, 1.54) is 11.8 Å². The summed E-state index contributed by atoms with van der Waals surface area (Å²) in [4.78, 5) is 11.7. The predicted octanol–water partition coefficient (Wildman–Crippen LogP) is 2.55. The van der Waals surface area contributed by atoms with Crippen molar-refractivity contribution in [2.45, 2.75) is 23.9 Å². The molecule has 108 valence electrons. The van der Waals surface area contributed by atoms with Crippen LogP contribution in [0.3, 0.4) is 0 Å². The van der Waals surface area contributed by atoms with Crippen LogP contribution in [0.5, 0.6) is 0 Å². The summed E-state index contributed by atoms with van der Waals surface area (Å²) in [7, 11) is 1.64. The molecule has 2 aromatic rings. The predicted molar refractivity (Wildman–Crippen MR) is 80.4 cm³/mol. The zero-order chi connectivity index (χ0) is 14.4. The van der Waals surface area contributed by atoms with Crippen molar-refractivity contribution >= 4 is 23.4 Å². The molecule has 1 aromatic carbocycles. The molecule has 0 radical (unpaired) electrons. The molecule has 1 heterocycles. The average molecular weight is 314 g/mol. The van der Waals surface area contributed by atoms with Crippen molar-refractivity contribution in [1.82, 2.24) is 14.8 Å². The third kappa shape index (κ3) is 3.88. The lowest BCUT2D eigenvalue weighted by Crippen LogP contribution is -2.18. The van der Waals surface area contributed by atoms with Crippen molar-refractivity contribution in [1.29, 1.82) is 0 Å². The molecule has 0 aliphatic carbocycles. The standard InChI is InChI=1S/C13H16ClN3O2S/c1-19-8-4-7-17-12(18)15-16-13(17)20-9-10-5-2-3-6-11(10)14/h2-3,5-6H,4,7-9H2,1H3,(H,15,18). The lowest BCUT2D eigenvalue weighted by molar-refractivity contribution is 0.189. The fourth-order valence-electron chi connectivity index (χ4n) is 1.74. The minimum absolute atomic E-state index is 0.192. The van der Waals surface area contributed by atoms with E-state index in [1.807, 2.05) is 24.3 Å². The minimum atomic E-state index is -0.192. The van der Waals surface area contributed by atoms with Gasteiger partial charge in [-0.25, -0.2) is 9.89 Å². The van der Waals surface area contributed by atoms with Gasteiger partial charge in [0.15, 0.2) is 5.16 Å². The molecule has 0 atom stereocenters. The van der Waals surface area contributed by atoms with Crippen molar-refractivity contribution in [3.05, 3.63) is 45.3 Å². The number of hydrogen-bond acceptors (Lipinski definition) is 4. The Hall–Kier alpha value is -1.24. The van der Waals surface area contributed by atoms with Crippen LogP contribution in [0.15, 0.2) is 34.2 Å². The van der Waals surface area contributed by atoms with Crippen LogP contribution in [0.1, 0.15) is 12.0 Å². The van der Waals surface area contributed by atoms with Crippen molar-refractivity contribution < 1.29 is 4.74 Å². The quantitative estimate of drug-likeness (QED) is 0.630. The molecule has 0 fully saturated rings. The summed E-state index contributed by atoms with van der Waals surface area (Å²) >= 11 is 7.60. The molecule has 0 spiro atoms. The van der Waals surface area contributed by atoms with Crippen molar-refractivity contribution in [3.63, 3.8) is 0 Å². The van der Waals surface area contributed by atoms with Gasteiger partial charge in [-0.3, -0.25) is 4.57 Å². The van der Waals surface area contributed by atoms with Crippen LogP contribution in [-0.4, -0.2) is 28.5 Å². The lowest BCUT2D eigenvalue weighted by Gasteiger charge is -2.06. The Morgan fingerprint density at radius 3 is 3.00 bits per heavy atom. The van der Waals surface area contributed by atoms with E-state index in [2.05, 4.69) is 10.2 Å². The monoisotopic (exact) mass is 313 g/mol. The second-order valence-corrected chi connectivity index (χ2v) is 5.54. The summed E-state index contributed by atoms with van der Waals surface area (Å²) in [6, 6.07) is 7.66. The number of halogens is 1. The van der Waals surface area contributed by atoms with Crippen LogP contribution in [-0.2, 0) is 17.0 Å². The number of nitrogens with one attached hydrogen (secondary N) is 1. The molecule has 0 amide bonds. The van der Waals surface area contributed by atoms with E-state index < -0.39 is 0 Å². The van der Waals surface area contributed by atoms with Crippen molar-refractivity contribution in [2.75, 3.05) is 13.7 Å². The molecule has 20 heavy (non-hydrogen) atoms. The number of aromatic amines is 1. The normalized spacial score (nSPS) is 10.9. The fraction of sp³-hybridized carbons (Fsp3) is 0.385. The highest BCUT2D eigenvalue weighted by molar-refractivity contribution is 7.98. The maximum absolute atomic E-state index is 11.7. The fourth-order valence-corrected chi connectivity index (χ4v) is 2.99. The first-order chi connectivity index (χ1) is 9.72. The first-order valence-electron chi connectivity index (χ1n) is 6.22. The highest BCUT2D eigenvalue weighted by atomic mass is 35.5. The Morgan fingerprint density at radius 1 is 1.45 bits per heavy atom. The van der Waals surface area contributed by atoms with Gasteiger partial charge >= 0.3 is 5.69 Å². The number of ether oxygens (including phenoxy) is 1. The van der Waals surface area contributed by atoms with E-state index in [4.69, 9.17) is 16.3 Å². The zero-order valence-electron chi connectivity index (χ0n) is 11.1. The van der Waals surface area contributed by atoms with Gasteiger partial charge in [0.1, 0.15) is 0 Å². The van der Waals surface area contributed by atoms with E-state index >= 15 is 0 Å². The van der Waals surface area contributed by atoms with E-state index in [0.29, 0.717) is 24.1 Å². The highest BCUT2D eigenvalue weighted by Crippen LogP contribution is 2.24. The maximum Gasteiger partial charge on any atom is 0.343 e. The minimum Gasteiger partial charge on any atom is -0.385 e. The van der Waals surface area contributed by atoms with Gasteiger partial charge in [-0.1, -0.05) is 41.6 Å². The van der Waals surface area contributed by atoms with E-state index in [1.54, 1.807) is 11.7 Å². The molecule has 1 N–H and O–H groups in total. The lowest BCUT2D eigenvalue weighted by atomic mass is 10.2. The molecule has 2 rings (SSSR count). The first kappa shape index (κ1) is 15.2. The van der Waals surface area contributed by atoms with Crippen LogP contribution in [0.2, 0.25) is 5.02 Å². The first-order valence-corrected chi connectivity index (χ1v) is 7.59. The molecule has 1 aromatic heterocycles. The Balaban J connectivity index is 2.03. The molecular weight excluding hydrogens is 298 g/mol. The molecule has 5 nitrogen and oxygen atoms in total. The summed E-state index contributed by atoms with van der Waals surface area (Å²) in [5.41, 5.74) is 0.834. The van der Waals surface area contributed by atoms with Gasteiger partial charge in [-0.15, -0.1) is 5.10 Å². The maximum atomic E-state index is 11.7. The van der Waals surface area contributed by atoms with Crippen LogP contribution >= 0.6 is 23.4 Å². The number of rotatable bonds is 7. The molecule has 0 aliphatic rings. The van der Waals surface area contributed by atoms with Gasteiger partial charge in [0.05, 0.1) is 0 Å². The number of thioether (sulfide) groups is 1. The molecule has 7 heteroatoms. The number of aromatic nitrogens is 3. The van der Waals surface area contributed by atoms with Gasteiger partial charge in [0, 0.05) is 31.0 Å². The smallest absolute Gasteiger partial charge is 0.343 e. The van der Waals surface area contributed by atoms with E-state index in [9.17, 15) is 4.79 Å². The summed E-state index contributed by atoms with van der Waals surface area (Å²) in [5, 5.41) is 7.92. The molecule has 0 aliphatic heterocycles. The van der Waals surface area contributed by atoms with Crippen molar-refractivity contribution in [3.8, 4) is 0 Å². The number of H-pyrrole nitrogens is 1. The molecule has 0 saturated heterocycles. The summed E-state index contributed by atoms with van der Waals surface area (Å²) in [6.45, 7) is 1.21. The van der Waals surface area contributed by atoms with Gasteiger partial charge in [-0.05, 0) is 18.1 Å². The SMILES string of the molecule is COCCCn1c(SCc2ccccc2Cl)n[nH]c1=O. The average Bonchev–Trinajstić information content (AvgIpc) is 2.79. The molecule has 0 bridgehead atoms. The third-order valence-corrected chi connectivity index (χ3v) is 4.16. The molecule has 0 unspecified atom stereocenters. The van der Waals surface area contributed by atoms with Crippen LogP contribution in [0.25, 0.3) is 0 Å². The number of methoxy groups -OCH3 is 1. The van der Waals surface area contributed by atoms with Crippen LogP contribution in [0.4, 0.5) is 0 Å². The second kappa shape index (κ2) is 7.52. The van der Waals surface area contributed by atoms with Gasteiger partial charge in [0.2, 0.25) is 0 Å². The van der Waals surface area contributed by atoms with Gasteiger partial charge < -0.3 is 4.74 Å². The topological polar surface area (TPSA) is 59.9 Å². The third-order valence-electron chi connectivity index (χ3n) is 2.77. The number of nitrogens with zero attached hydrogens (tertiary/aromatic N) is 2. The van der Waals surface area contributed by atoms with Crippen LogP contribution in [0, 0.1) is 0 Å². The summed E-state index contributed by atoms with van der Waals surface area (Å²) < 4.78 is 6.62. The number of hydrogen-bond donors (Lipinski definition) is 1. The highest BCUT2D eigenvalue weighted by Gasteiger charge is 2.09. The van der Waals surface area contributed by atoms with Gasteiger partial charge in [0.25, 0.3) is 0 Å². The summed E-state index contributed by atoms with van der Waals surface area (Å²) in [6.07, 6.45) is 0.773. The molecular formula is C13H16ClN3O2S.